The van der Waals surface area contributed by atoms with Gasteiger partial charge in [0.15, 0.2) is 0 Å². The van der Waals surface area contributed by atoms with E-state index in [0.29, 0.717) is 5.69 Å². The van der Waals surface area contributed by atoms with Gasteiger partial charge in [0.2, 0.25) is 0 Å². The summed E-state index contributed by atoms with van der Waals surface area (Å²) in [7, 11) is 1.62. The minimum absolute atomic E-state index is 0.263. The third-order valence-electron chi connectivity index (χ3n) is 2.32. The van der Waals surface area contributed by atoms with Crippen molar-refractivity contribution in [2.45, 2.75) is 0 Å². The molecule has 0 aromatic heterocycles. The van der Waals surface area contributed by atoms with Crippen LogP contribution in [0.25, 0.3) is 0 Å². The van der Waals surface area contributed by atoms with Gasteiger partial charge < -0.3 is 4.74 Å². The first-order chi connectivity index (χ1) is 8.29. The molecular weight excluding hydrogens is 217 g/mol. The number of aliphatic imine (C=N–C) groups is 1. The number of nitrogens with zero attached hydrogens (tertiary/aromatic N) is 1. The molecule has 0 aliphatic carbocycles. The number of methoxy groups -OCH3 is 1. The molecule has 0 radical (unpaired) electrons. The van der Waals surface area contributed by atoms with Crippen LogP contribution < -0.4 is 4.74 Å². The van der Waals surface area contributed by atoms with E-state index in [4.69, 9.17) is 4.74 Å². The van der Waals surface area contributed by atoms with Crippen LogP contribution in [0, 0.1) is 5.82 Å². The Hall–Kier alpha value is -2.16. The molecule has 0 atom stereocenters. The summed E-state index contributed by atoms with van der Waals surface area (Å²) < 4.78 is 17.9. The number of benzene rings is 2. The molecule has 17 heavy (non-hydrogen) atoms. The van der Waals surface area contributed by atoms with E-state index in [9.17, 15) is 4.39 Å². The smallest absolute Gasteiger partial charge is 0.127 e. The molecule has 0 bridgehead atoms. The van der Waals surface area contributed by atoms with Crippen molar-refractivity contribution < 1.29 is 9.13 Å². The van der Waals surface area contributed by atoms with Crippen LogP contribution in [0.3, 0.4) is 0 Å². The number of ether oxygens (including phenoxy) is 1. The predicted octanol–water partition coefficient (Wildman–Crippen LogP) is 3.58. The van der Waals surface area contributed by atoms with Crippen LogP contribution in [-0.2, 0) is 0 Å². The fraction of sp³-hybridized carbons (Fsp3) is 0.0714. The van der Waals surface area contributed by atoms with Gasteiger partial charge in [-0.25, -0.2) is 4.39 Å². The van der Waals surface area contributed by atoms with Crippen LogP contribution >= 0.6 is 0 Å². The molecule has 0 amide bonds. The zero-order valence-electron chi connectivity index (χ0n) is 9.43. The monoisotopic (exact) mass is 229 g/mol. The second-order valence-electron chi connectivity index (χ2n) is 3.48. The van der Waals surface area contributed by atoms with Crippen molar-refractivity contribution >= 4 is 11.9 Å². The van der Waals surface area contributed by atoms with E-state index in [0.717, 1.165) is 11.3 Å². The molecule has 2 aromatic rings. The fourth-order valence-electron chi connectivity index (χ4n) is 1.44. The van der Waals surface area contributed by atoms with Crippen LogP contribution in [-0.4, -0.2) is 13.3 Å². The van der Waals surface area contributed by atoms with Crippen LogP contribution in [0.2, 0.25) is 0 Å². The largest absolute Gasteiger partial charge is 0.496 e. The van der Waals surface area contributed by atoms with Gasteiger partial charge in [-0.3, -0.25) is 4.99 Å². The topological polar surface area (TPSA) is 21.6 Å². The van der Waals surface area contributed by atoms with Crippen molar-refractivity contribution in [1.82, 2.24) is 0 Å². The SMILES string of the molecule is COc1ccccc1C=Nc1ccc(F)cc1. The molecule has 0 spiro atoms. The van der Waals surface area contributed by atoms with Crippen molar-refractivity contribution in [3.63, 3.8) is 0 Å². The molecule has 2 rings (SSSR count). The molecule has 0 N–H and O–H groups in total. The Morgan fingerprint density at radius 1 is 1.06 bits per heavy atom. The Kier molecular flexibility index (Phi) is 3.50. The number of hydrogen-bond donors (Lipinski definition) is 0. The van der Waals surface area contributed by atoms with E-state index >= 15 is 0 Å². The number of rotatable bonds is 3. The van der Waals surface area contributed by atoms with Crippen molar-refractivity contribution in [2.24, 2.45) is 4.99 Å². The van der Waals surface area contributed by atoms with Crippen LogP contribution in [0.1, 0.15) is 5.56 Å². The standard InChI is InChI=1S/C14H12FNO/c1-17-14-5-3-2-4-11(14)10-16-13-8-6-12(15)7-9-13/h2-10H,1H3. The quantitative estimate of drug-likeness (QED) is 0.737. The van der Waals surface area contributed by atoms with Crippen molar-refractivity contribution in [2.75, 3.05) is 7.11 Å². The average Bonchev–Trinajstić information content (AvgIpc) is 2.38. The molecule has 86 valence electrons. The summed E-state index contributed by atoms with van der Waals surface area (Å²) in [6.07, 6.45) is 1.70. The summed E-state index contributed by atoms with van der Waals surface area (Å²) in [5, 5.41) is 0. The summed E-state index contributed by atoms with van der Waals surface area (Å²) in [5.41, 5.74) is 1.59. The van der Waals surface area contributed by atoms with Gasteiger partial charge in [0, 0.05) is 11.8 Å². The van der Waals surface area contributed by atoms with Crippen molar-refractivity contribution in [3.8, 4) is 5.75 Å². The maximum absolute atomic E-state index is 12.7. The Labute approximate surface area is 99.4 Å². The Morgan fingerprint density at radius 3 is 2.47 bits per heavy atom. The molecule has 0 aliphatic rings. The first-order valence-corrected chi connectivity index (χ1v) is 5.22. The number of para-hydroxylation sites is 1. The first-order valence-electron chi connectivity index (χ1n) is 5.22. The van der Waals surface area contributed by atoms with E-state index in [-0.39, 0.29) is 5.82 Å². The van der Waals surface area contributed by atoms with Gasteiger partial charge in [-0.15, -0.1) is 0 Å². The Bertz CT molecular complexity index is 520. The lowest BCUT2D eigenvalue weighted by molar-refractivity contribution is 0.414. The second-order valence-corrected chi connectivity index (χ2v) is 3.48. The lowest BCUT2D eigenvalue weighted by Gasteiger charge is -2.02. The minimum Gasteiger partial charge on any atom is -0.496 e. The average molecular weight is 229 g/mol. The maximum atomic E-state index is 12.7. The summed E-state index contributed by atoms with van der Waals surface area (Å²) in [6, 6.07) is 13.6. The highest BCUT2D eigenvalue weighted by molar-refractivity contribution is 5.85. The van der Waals surface area contributed by atoms with E-state index in [1.165, 1.54) is 12.1 Å². The second kappa shape index (κ2) is 5.25. The molecular formula is C14H12FNO. The number of hydrogen-bond acceptors (Lipinski definition) is 2. The van der Waals surface area contributed by atoms with Gasteiger partial charge in [-0.2, -0.15) is 0 Å². The minimum atomic E-state index is -0.263. The van der Waals surface area contributed by atoms with Gasteiger partial charge in [0.25, 0.3) is 0 Å². The van der Waals surface area contributed by atoms with Crippen molar-refractivity contribution in [1.29, 1.82) is 0 Å². The third kappa shape index (κ3) is 2.91. The molecule has 0 heterocycles. The van der Waals surface area contributed by atoms with Gasteiger partial charge in [-0.05, 0) is 36.4 Å². The van der Waals surface area contributed by atoms with Crippen LogP contribution in [0.15, 0.2) is 53.5 Å². The van der Waals surface area contributed by atoms with E-state index in [1.54, 1.807) is 25.5 Å². The molecule has 0 saturated carbocycles. The van der Waals surface area contributed by atoms with E-state index in [1.807, 2.05) is 24.3 Å². The van der Waals surface area contributed by atoms with Gasteiger partial charge in [-0.1, -0.05) is 12.1 Å². The number of halogens is 1. The molecule has 0 unspecified atom stereocenters. The molecule has 3 heteroatoms. The normalized spacial score (nSPS) is 10.7. The van der Waals surface area contributed by atoms with Crippen LogP contribution in [0.4, 0.5) is 10.1 Å². The fourth-order valence-corrected chi connectivity index (χ4v) is 1.44. The van der Waals surface area contributed by atoms with E-state index < -0.39 is 0 Å². The molecule has 2 nitrogen and oxygen atoms in total. The highest BCUT2D eigenvalue weighted by Crippen LogP contribution is 2.17. The van der Waals surface area contributed by atoms with E-state index in [2.05, 4.69) is 4.99 Å². The summed E-state index contributed by atoms with van der Waals surface area (Å²) in [4.78, 5) is 4.25. The summed E-state index contributed by atoms with van der Waals surface area (Å²) >= 11 is 0. The highest BCUT2D eigenvalue weighted by atomic mass is 19.1. The van der Waals surface area contributed by atoms with Crippen molar-refractivity contribution in [3.05, 3.63) is 59.9 Å². The Morgan fingerprint density at radius 2 is 1.76 bits per heavy atom. The van der Waals surface area contributed by atoms with Gasteiger partial charge in [0.05, 0.1) is 12.8 Å². The lowest BCUT2D eigenvalue weighted by Crippen LogP contribution is -1.89. The first kappa shape index (κ1) is 11.3. The molecule has 2 aromatic carbocycles. The molecule has 0 saturated heterocycles. The maximum Gasteiger partial charge on any atom is 0.127 e. The van der Waals surface area contributed by atoms with Gasteiger partial charge in [0.1, 0.15) is 11.6 Å². The zero-order valence-corrected chi connectivity index (χ0v) is 9.43. The summed E-state index contributed by atoms with van der Waals surface area (Å²) in [5.74, 6) is 0.500. The third-order valence-corrected chi connectivity index (χ3v) is 2.32. The Balaban J connectivity index is 2.22. The summed E-state index contributed by atoms with van der Waals surface area (Å²) in [6.45, 7) is 0. The predicted molar refractivity (Wildman–Crippen MR) is 66.6 cm³/mol. The highest BCUT2D eigenvalue weighted by Gasteiger charge is 1.97. The van der Waals surface area contributed by atoms with Crippen LogP contribution in [0.5, 0.6) is 5.75 Å². The molecule has 0 aliphatic heterocycles. The lowest BCUT2D eigenvalue weighted by atomic mass is 10.2. The van der Waals surface area contributed by atoms with Gasteiger partial charge >= 0.3 is 0 Å². The molecule has 0 fully saturated rings. The zero-order chi connectivity index (χ0) is 12.1.